The number of hydrogen-bond acceptors (Lipinski definition) is 3. The van der Waals surface area contributed by atoms with Crippen molar-refractivity contribution >= 4 is 40.8 Å². The Labute approximate surface area is 143 Å². The van der Waals surface area contributed by atoms with Gasteiger partial charge in [-0.1, -0.05) is 42.3 Å². The SMILES string of the molecule is CC1CC=CC2=C1C(=O)N(CC(=O)c1ccc(Cl)cc1Cl)C2=O. The smallest absolute Gasteiger partial charge is 0.261 e. The molecule has 6 heteroatoms. The maximum absolute atomic E-state index is 12.5. The van der Waals surface area contributed by atoms with Crippen LogP contribution in [0.15, 0.2) is 41.5 Å². The Hall–Kier alpha value is -1.91. The zero-order valence-corrected chi connectivity index (χ0v) is 13.8. The van der Waals surface area contributed by atoms with Crippen LogP contribution in [0.1, 0.15) is 23.7 Å². The van der Waals surface area contributed by atoms with Crippen molar-refractivity contribution in [1.29, 1.82) is 0 Å². The van der Waals surface area contributed by atoms with E-state index in [-0.39, 0.29) is 29.0 Å². The molecule has 0 N–H and O–H groups in total. The van der Waals surface area contributed by atoms with E-state index in [2.05, 4.69) is 0 Å². The third-order valence-corrected chi connectivity index (χ3v) is 4.59. The van der Waals surface area contributed by atoms with E-state index in [1.807, 2.05) is 13.0 Å². The summed E-state index contributed by atoms with van der Waals surface area (Å²) in [5.41, 5.74) is 1.13. The number of allylic oxidation sites excluding steroid dienone is 1. The third kappa shape index (κ3) is 2.73. The van der Waals surface area contributed by atoms with Crippen LogP contribution in [0.4, 0.5) is 0 Å². The number of nitrogens with zero attached hydrogens (tertiary/aromatic N) is 1. The minimum absolute atomic E-state index is 0.0225. The van der Waals surface area contributed by atoms with Crippen molar-refractivity contribution in [3.05, 3.63) is 57.1 Å². The molecule has 0 saturated carbocycles. The highest BCUT2D eigenvalue weighted by atomic mass is 35.5. The summed E-state index contributed by atoms with van der Waals surface area (Å²) in [4.78, 5) is 38.3. The average molecular weight is 350 g/mol. The first-order valence-corrected chi connectivity index (χ1v) is 7.91. The van der Waals surface area contributed by atoms with Crippen LogP contribution in [-0.4, -0.2) is 29.0 Å². The molecule has 0 bridgehead atoms. The minimum Gasteiger partial charge on any atom is -0.292 e. The summed E-state index contributed by atoms with van der Waals surface area (Å²) in [6.45, 7) is 1.57. The molecule has 2 aliphatic rings. The first kappa shape index (κ1) is 16.0. The first-order valence-electron chi connectivity index (χ1n) is 7.15. The summed E-state index contributed by atoms with van der Waals surface area (Å²) in [5.74, 6) is -1.23. The number of carbonyl (C=O) groups is 3. The average Bonchev–Trinajstić information content (AvgIpc) is 2.73. The summed E-state index contributed by atoms with van der Waals surface area (Å²) in [6.07, 6.45) is 4.24. The lowest BCUT2D eigenvalue weighted by Gasteiger charge is -2.16. The van der Waals surface area contributed by atoms with Gasteiger partial charge in [-0.25, -0.2) is 0 Å². The fourth-order valence-corrected chi connectivity index (χ4v) is 3.36. The molecule has 0 saturated heterocycles. The molecular weight excluding hydrogens is 337 g/mol. The predicted octanol–water partition coefficient (Wildman–Crippen LogP) is 3.44. The molecule has 118 valence electrons. The van der Waals surface area contributed by atoms with E-state index in [4.69, 9.17) is 23.2 Å². The van der Waals surface area contributed by atoms with E-state index in [0.717, 1.165) is 4.90 Å². The van der Waals surface area contributed by atoms with Gasteiger partial charge in [0.15, 0.2) is 5.78 Å². The maximum atomic E-state index is 12.5. The molecule has 4 nitrogen and oxygen atoms in total. The van der Waals surface area contributed by atoms with Crippen LogP contribution in [0.3, 0.4) is 0 Å². The zero-order valence-electron chi connectivity index (χ0n) is 12.3. The van der Waals surface area contributed by atoms with Gasteiger partial charge in [-0.2, -0.15) is 0 Å². The largest absolute Gasteiger partial charge is 0.292 e. The summed E-state index contributed by atoms with van der Waals surface area (Å²) in [6, 6.07) is 4.49. The van der Waals surface area contributed by atoms with Crippen LogP contribution in [0.5, 0.6) is 0 Å². The van der Waals surface area contributed by atoms with Crippen molar-refractivity contribution in [2.75, 3.05) is 6.54 Å². The second-order valence-electron chi connectivity index (χ2n) is 5.61. The fraction of sp³-hybridized carbons (Fsp3) is 0.235. The van der Waals surface area contributed by atoms with E-state index in [0.29, 0.717) is 22.6 Å². The monoisotopic (exact) mass is 349 g/mol. The number of imide groups is 1. The quantitative estimate of drug-likeness (QED) is 0.620. The molecule has 1 unspecified atom stereocenters. The molecule has 0 radical (unpaired) electrons. The second kappa shape index (κ2) is 5.95. The lowest BCUT2D eigenvalue weighted by Crippen LogP contribution is -2.36. The van der Waals surface area contributed by atoms with Gasteiger partial charge in [-0.15, -0.1) is 0 Å². The first-order chi connectivity index (χ1) is 10.9. The van der Waals surface area contributed by atoms with E-state index in [1.54, 1.807) is 12.1 Å². The van der Waals surface area contributed by atoms with E-state index in [1.165, 1.54) is 12.1 Å². The van der Waals surface area contributed by atoms with Crippen molar-refractivity contribution in [1.82, 2.24) is 4.90 Å². The number of amides is 2. The van der Waals surface area contributed by atoms with Crippen molar-refractivity contribution in [3.63, 3.8) is 0 Å². The normalized spacial score (nSPS) is 20.3. The molecule has 0 aromatic heterocycles. The molecule has 1 aliphatic carbocycles. The van der Waals surface area contributed by atoms with Gasteiger partial charge >= 0.3 is 0 Å². The molecule has 1 atom stereocenters. The standard InChI is InChI=1S/C17H13Cl2NO3/c1-9-3-2-4-12-15(9)17(23)20(16(12)22)8-14(21)11-6-5-10(18)7-13(11)19/h2,4-7,9H,3,8H2,1H3. The predicted molar refractivity (Wildman–Crippen MR) is 87.5 cm³/mol. The maximum Gasteiger partial charge on any atom is 0.261 e. The summed E-state index contributed by atoms with van der Waals surface area (Å²) in [7, 11) is 0. The van der Waals surface area contributed by atoms with Crippen LogP contribution >= 0.6 is 23.2 Å². The van der Waals surface area contributed by atoms with Gasteiger partial charge in [0.25, 0.3) is 11.8 Å². The van der Waals surface area contributed by atoms with Crippen LogP contribution in [-0.2, 0) is 9.59 Å². The number of carbonyl (C=O) groups excluding carboxylic acids is 3. The van der Waals surface area contributed by atoms with Crippen LogP contribution in [0.2, 0.25) is 10.0 Å². The lowest BCUT2D eigenvalue weighted by molar-refractivity contribution is -0.137. The van der Waals surface area contributed by atoms with Crippen LogP contribution in [0, 0.1) is 5.92 Å². The number of halogens is 2. The number of ketones is 1. The van der Waals surface area contributed by atoms with Crippen molar-refractivity contribution in [3.8, 4) is 0 Å². The van der Waals surface area contributed by atoms with Crippen LogP contribution < -0.4 is 0 Å². The molecule has 0 fully saturated rings. The molecule has 3 rings (SSSR count). The molecule has 2 amide bonds. The highest BCUT2D eigenvalue weighted by Gasteiger charge is 2.41. The molecule has 23 heavy (non-hydrogen) atoms. The van der Waals surface area contributed by atoms with Crippen molar-refractivity contribution < 1.29 is 14.4 Å². The van der Waals surface area contributed by atoms with E-state index < -0.39 is 11.7 Å². The Morgan fingerprint density at radius 1 is 1.26 bits per heavy atom. The second-order valence-corrected chi connectivity index (χ2v) is 6.45. The molecule has 1 heterocycles. The number of rotatable bonds is 3. The number of Topliss-reactive ketones (excluding diaryl/α,β-unsaturated/α-hetero) is 1. The molecule has 1 aromatic rings. The van der Waals surface area contributed by atoms with Gasteiger partial charge in [0, 0.05) is 21.7 Å². The summed E-state index contributed by atoms with van der Waals surface area (Å²) < 4.78 is 0. The fourth-order valence-electron chi connectivity index (χ4n) is 2.85. The Bertz CT molecular complexity index is 795. The third-order valence-electron chi connectivity index (χ3n) is 4.04. The van der Waals surface area contributed by atoms with Crippen LogP contribution in [0.25, 0.3) is 0 Å². The molecule has 1 aliphatic heterocycles. The van der Waals surface area contributed by atoms with Gasteiger partial charge in [0.2, 0.25) is 0 Å². The summed E-state index contributed by atoms with van der Waals surface area (Å²) >= 11 is 11.8. The Morgan fingerprint density at radius 2 is 2.00 bits per heavy atom. The Kier molecular flexibility index (Phi) is 4.13. The number of hydrogen-bond donors (Lipinski definition) is 0. The highest BCUT2D eigenvalue weighted by Crippen LogP contribution is 2.33. The van der Waals surface area contributed by atoms with Gasteiger partial charge in [0.05, 0.1) is 11.6 Å². The van der Waals surface area contributed by atoms with E-state index in [9.17, 15) is 14.4 Å². The van der Waals surface area contributed by atoms with Gasteiger partial charge in [-0.05, 0) is 30.5 Å². The summed E-state index contributed by atoms with van der Waals surface area (Å²) in [5, 5.41) is 0.614. The highest BCUT2D eigenvalue weighted by molar-refractivity contribution is 6.37. The van der Waals surface area contributed by atoms with Gasteiger partial charge in [-0.3, -0.25) is 19.3 Å². The Morgan fingerprint density at radius 3 is 2.65 bits per heavy atom. The van der Waals surface area contributed by atoms with Crippen molar-refractivity contribution in [2.24, 2.45) is 5.92 Å². The van der Waals surface area contributed by atoms with Gasteiger partial charge in [0.1, 0.15) is 0 Å². The molecular formula is C17H13Cl2NO3. The lowest BCUT2D eigenvalue weighted by atomic mass is 9.90. The van der Waals surface area contributed by atoms with E-state index >= 15 is 0 Å². The topological polar surface area (TPSA) is 54.5 Å². The van der Waals surface area contributed by atoms with Crippen molar-refractivity contribution in [2.45, 2.75) is 13.3 Å². The minimum atomic E-state index is -0.425. The Balaban J connectivity index is 1.84. The zero-order chi connectivity index (χ0) is 16.7. The molecule has 1 aromatic carbocycles. The van der Waals surface area contributed by atoms with Gasteiger partial charge < -0.3 is 0 Å². The molecule has 0 spiro atoms. The number of benzene rings is 1.